The van der Waals surface area contributed by atoms with Gasteiger partial charge in [-0.1, -0.05) is 0 Å². The molecule has 0 saturated carbocycles. The molecule has 0 atom stereocenters. The third kappa shape index (κ3) is 0.810. The number of hydrogen-bond acceptors (Lipinski definition) is 4. The molecule has 0 aliphatic heterocycles. The first kappa shape index (κ1) is 6.96. The molecule has 0 unspecified atom stereocenters. The van der Waals surface area contributed by atoms with Gasteiger partial charge < -0.3 is 5.73 Å². The maximum Gasteiger partial charge on any atom is 0.196 e. The minimum atomic E-state index is -0.613. The van der Waals surface area contributed by atoms with Crippen molar-refractivity contribution in [3.63, 3.8) is 0 Å². The maximum absolute atomic E-state index is 12.3. The van der Waals surface area contributed by atoms with Crippen molar-refractivity contribution in [1.82, 2.24) is 19.6 Å². The molecule has 2 N–H and O–H groups in total. The van der Waals surface area contributed by atoms with Gasteiger partial charge in [0.05, 0.1) is 11.9 Å². The second kappa shape index (κ2) is 2.40. The van der Waals surface area contributed by atoms with Crippen LogP contribution in [0.5, 0.6) is 0 Å². The number of halogens is 1. The minimum Gasteiger partial charge on any atom is -0.381 e. The topological polar surface area (TPSA) is 69.1 Å². The second-order valence-electron chi connectivity index (χ2n) is 2.26. The summed E-state index contributed by atoms with van der Waals surface area (Å²) >= 11 is 0. The van der Waals surface area contributed by atoms with Gasteiger partial charge in [0.15, 0.2) is 11.5 Å². The summed E-state index contributed by atoms with van der Waals surface area (Å²) in [5.41, 5.74) is 6.24. The molecule has 0 radical (unpaired) electrons. The summed E-state index contributed by atoms with van der Waals surface area (Å²) in [6, 6.07) is 0. The molecule has 6 heteroatoms. The molecular formula is C6H6FN5. The monoisotopic (exact) mass is 167 g/mol. The number of rotatable bonds is 1. The molecule has 0 fully saturated rings. The van der Waals surface area contributed by atoms with Crippen molar-refractivity contribution in [2.75, 3.05) is 5.73 Å². The lowest BCUT2D eigenvalue weighted by Gasteiger charge is -1.95. The molecule has 62 valence electrons. The van der Waals surface area contributed by atoms with Crippen LogP contribution in [-0.4, -0.2) is 19.6 Å². The summed E-state index contributed by atoms with van der Waals surface area (Å²) in [5.74, 6) is 0.254. The van der Waals surface area contributed by atoms with Gasteiger partial charge in [0.2, 0.25) is 0 Å². The fraction of sp³-hybridized carbons (Fsp3) is 0.167. The van der Waals surface area contributed by atoms with E-state index in [0.717, 1.165) is 0 Å². The van der Waals surface area contributed by atoms with E-state index in [1.165, 1.54) is 17.0 Å². The smallest absolute Gasteiger partial charge is 0.196 e. The van der Waals surface area contributed by atoms with Crippen molar-refractivity contribution in [1.29, 1.82) is 0 Å². The van der Waals surface area contributed by atoms with Crippen LogP contribution >= 0.6 is 0 Å². The van der Waals surface area contributed by atoms with Crippen molar-refractivity contribution < 1.29 is 4.39 Å². The van der Waals surface area contributed by atoms with Crippen molar-refractivity contribution in [2.45, 2.75) is 6.67 Å². The average molecular weight is 167 g/mol. The van der Waals surface area contributed by atoms with Gasteiger partial charge in [-0.15, -0.1) is 0 Å². The maximum atomic E-state index is 12.3. The van der Waals surface area contributed by atoms with Crippen LogP contribution in [0.2, 0.25) is 0 Å². The van der Waals surface area contributed by atoms with E-state index in [0.29, 0.717) is 11.3 Å². The number of anilines is 1. The quantitative estimate of drug-likeness (QED) is 0.657. The van der Waals surface area contributed by atoms with Gasteiger partial charge in [0.25, 0.3) is 0 Å². The molecule has 2 heterocycles. The van der Waals surface area contributed by atoms with E-state index in [9.17, 15) is 4.39 Å². The first-order valence-electron chi connectivity index (χ1n) is 3.32. The Labute approximate surface area is 67.0 Å². The Hall–Kier alpha value is -1.72. The van der Waals surface area contributed by atoms with Crippen LogP contribution in [-0.2, 0) is 6.67 Å². The van der Waals surface area contributed by atoms with E-state index in [-0.39, 0.29) is 5.82 Å². The second-order valence-corrected chi connectivity index (χ2v) is 2.26. The summed E-state index contributed by atoms with van der Waals surface area (Å²) < 4.78 is 13.6. The third-order valence-electron chi connectivity index (χ3n) is 1.54. The van der Waals surface area contributed by atoms with Gasteiger partial charge in [0, 0.05) is 0 Å². The Morgan fingerprint density at radius 1 is 1.50 bits per heavy atom. The van der Waals surface area contributed by atoms with Crippen molar-refractivity contribution in [3.8, 4) is 0 Å². The Kier molecular flexibility index (Phi) is 1.39. The molecule has 0 aliphatic carbocycles. The summed E-state index contributed by atoms with van der Waals surface area (Å²) in [6.45, 7) is -0.613. The average Bonchev–Trinajstić information content (AvgIpc) is 2.49. The minimum absolute atomic E-state index is 0.254. The molecule has 0 amide bonds. The third-order valence-corrected chi connectivity index (χ3v) is 1.54. The first-order valence-corrected chi connectivity index (χ1v) is 3.32. The Balaban J connectivity index is 2.80. The molecule has 0 bridgehead atoms. The van der Waals surface area contributed by atoms with Crippen LogP contribution in [0.15, 0.2) is 12.5 Å². The first-order chi connectivity index (χ1) is 5.83. The number of nitrogen functional groups attached to an aromatic ring is 1. The number of alkyl halides is 1. The number of nitrogens with zero attached hydrogens (tertiary/aromatic N) is 4. The highest BCUT2D eigenvalue weighted by atomic mass is 19.1. The van der Waals surface area contributed by atoms with Gasteiger partial charge in [-0.3, -0.25) is 0 Å². The zero-order valence-electron chi connectivity index (χ0n) is 6.11. The molecule has 2 aromatic rings. The largest absolute Gasteiger partial charge is 0.381 e. The van der Waals surface area contributed by atoms with Crippen LogP contribution in [0.25, 0.3) is 5.65 Å². The molecule has 0 aromatic carbocycles. The van der Waals surface area contributed by atoms with E-state index >= 15 is 0 Å². The number of aromatic nitrogens is 4. The number of nitrogens with two attached hydrogens (primary N) is 1. The van der Waals surface area contributed by atoms with Gasteiger partial charge in [-0.05, 0) is 0 Å². The zero-order chi connectivity index (χ0) is 8.55. The van der Waals surface area contributed by atoms with Crippen molar-refractivity contribution >= 4 is 11.5 Å². The van der Waals surface area contributed by atoms with E-state index < -0.39 is 6.67 Å². The SMILES string of the molecule is Nc1ncnn2c(CF)cnc12. The van der Waals surface area contributed by atoms with Crippen LogP contribution in [0.4, 0.5) is 10.2 Å². The number of hydrogen-bond donors (Lipinski definition) is 1. The lowest BCUT2D eigenvalue weighted by Crippen LogP contribution is -2.01. The van der Waals surface area contributed by atoms with Gasteiger partial charge >= 0.3 is 0 Å². The molecule has 12 heavy (non-hydrogen) atoms. The molecule has 2 rings (SSSR count). The van der Waals surface area contributed by atoms with Crippen molar-refractivity contribution in [3.05, 3.63) is 18.2 Å². The van der Waals surface area contributed by atoms with Crippen LogP contribution in [0.1, 0.15) is 5.69 Å². The molecule has 0 spiro atoms. The highest BCUT2D eigenvalue weighted by Gasteiger charge is 2.05. The van der Waals surface area contributed by atoms with Crippen LogP contribution in [0, 0.1) is 0 Å². The Morgan fingerprint density at radius 2 is 2.33 bits per heavy atom. The zero-order valence-corrected chi connectivity index (χ0v) is 6.11. The van der Waals surface area contributed by atoms with Crippen LogP contribution in [0.3, 0.4) is 0 Å². The fourth-order valence-electron chi connectivity index (χ4n) is 0.973. The van der Waals surface area contributed by atoms with E-state index in [1.54, 1.807) is 0 Å². The van der Waals surface area contributed by atoms with Crippen LogP contribution < -0.4 is 5.73 Å². The lowest BCUT2D eigenvalue weighted by atomic mass is 10.5. The number of fused-ring (bicyclic) bond motifs is 1. The normalized spacial score (nSPS) is 10.8. The molecule has 0 saturated heterocycles. The fourth-order valence-corrected chi connectivity index (χ4v) is 0.973. The number of imidazole rings is 1. The molecule has 2 aromatic heterocycles. The summed E-state index contributed by atoms with van der Waals surface area (Å²) in [7, 11) is 0. The standard InChI is InChI=1S/C6H6FN5/c7-1-4-2-9-6-5(8)10-3-11-12(4)6/h2-3H,1H2,(H2,8,10,11). The van der Waals surface area contributed by atoms with Gasteiger partial charge in [-0.2, -0.15) is 5.10 Å². The van der Waals surface area contributed by atoms with E-state index in [4.69, 9.17) is 5.73 Å². The van der Waals surface area contributed by atoms with E-state index in [1.807, 2.05) is 0 Å². The predicted molar refractivity (Wildman–Crippen MR) is 40.0 cm³/mol. The van der Waals surface area contributed by atoms with Gasteiger partial charge in [0.1, 0.15) is 13.0 Å². The molecule has 5 nitrogen and oxygen atoms in total. The van der Waals surface area contributed by atoms with E-state index in [2.05, 4.69) is 15.1 Å². The Morgan fingerprint density at radius 3 is 3.08 bits per heavy atom. The highest BCUT2D eigenvalue weighted by Crippen LogP contribution is 2.09. The Bertz CT molecular complexity index is 409. The predicted octanol–water partition coefficient (Wildman–Crippen LogP) is 0.176. The summed E-state index contributed by atoms with van der Waals surface area (Å²) in [6.07, 6.45) is 2.66. The summed E-state index contributed by atoms with van der Waals surface area (Å²) in [4.78, 5) is 7.58. The lowest BCUT2D eigenvalue weighted by molar-refractivity contribution is 0.469. The van der Waals surface area contributed by atoms with Crippen molar-refractivity contribution in [2.24, 2.45) is 0 Å². The summed E-state index contributed by atoms with van der Waals surface area (Å²) in [5, 5.41) is 3.80. The molecule has 0 aliphatic rings. The highest BCUT2D eigenvalue weighted by molar-refractivity contribution is 5.58. The molecular weight excluding hydrogens is 161 g/mol. The van der Waals surface area contributed by atoms with Gasteiger partial charge in [-0.25, -0.2) is 18.9 Å².